The molecular formula is C16H14BrN3O3S. The van der Waals surface area contributed by atoms with E-state index in [0.717, 1.165) is 4.47 Å². The number of thioether (sulfide) groups is 1. The van der Waals surface area contributed by atoms with Crippen LogP contribution in [-0.2, 0) is 16.1 Å². The number of furan rings is 1. The lowest BCUT2D eigenvalue weighted by molar-refractivity contribution is -0.122. The predicted molar refractivity (Wildman–Crippen MR) is 96.8 cm³/mol. The molecule has 0 spiro atoms. The molecule has 0 radical (unpaired) electrons. The summed E-state index contributed by atoms with van der Waals surface area (Å²) in [6.07, 6.45) is 1.66. The number of hydrogen-bond acceptors (Lipinski definition) is 5. The van der Waals surface area contributed by atoms with Crippen LogP contribution in [-0.4, -0.2) is 22.2 Å². The summed E-state index contributed by atoms with van der Waals surface area (Å²) in [7, 11) is 0. The number of hydrogen-bond donors (Lipinski definition) is 2. The summed E-state index contributed by atoms with van der Waals surface area (Å²) in [4.78, 5) is 28.3. The number of nitrogens with zero attached hydrogens (tertiary/aromatic N) is 1. The number of amides is 2. The zero-order valence-corrected chi connectivity index (χ0v) is 14.9. The molecule has 8 heteroatoms. The average Bonchev–Trinajstić information content (AvgIpc) is 3.18. The van der Waals surface area contributed by atoms with E-state index >= 15 is 0 Å². The number of halogens is 1. The summed E-state index contributed by atoms with van der Waals surface area (Å²) in [5, 5.41) is 5.50. The summed E-state index contributed by atoms with van der Waals surface area (Å²) < 4.78 is 6.12. The highest BCUT2D eigenvalue weighted by Gasteiger charge is 2.32. The van der Waals surface area contributed by atoms with E-state index in [-0.39, 0.29) is 18.2 Å². The summed E-state index contributed by atoms with van der Waals surface area (Å²) in [6, 6.07) is 10.9. The number of anilines is 1. The molecule has 124 valence electrons. The standard InChI is InChI=1S/C16H14BrN3O3S/c17-10-3-5-11(6-4-10)19-14(21)8-13-15(22)20-16(24-13)18-9-12-2-1-7-23-12/h1-7,13H,8-9H2,(H,19,21)(H,18,20,22). The number of amidine groups is 1. The maximum atomic E-state index is 12.1. The minimum Gasteiger partial charge on any atom is -0.467 e. The van der Waals surface area contributed by atoms with Crippen LogP contribution >= 0.6 is 27.7 Å². The molecule has 2 N–H and O–H groups in total. The molecule has 24 heavy (non-hydrogen) atoms. The van der Waals surface area contributed by atoms with E-state index < -0.39 is 5.25 Å². The third-order valence-corrected chi connectivity index (χ3v) is 4.88. The highest BCUT2D eigenvalue weighted by Crippen LogP contribution is 2.23. The van der Waals surface area contributed by atoms with Crippen LogP contribution in [0.3, 0.4) is 0 Å². The van der Waals surface area contributed by atoms with E-state index in [4.69, 9.17) is 4.42 Å². The zero-order chi connectivity index (χ0) is 16.9. The second-order valence-electron chi connectivity index (χ2n) is 5.06. The summed E-state index contributed by atoms with van der Waals surface area (Å²) in [5.41, 5.74) is 0.693. The lowest BCUT2D eigenvalue weighted by Crippen LogP contribution is -2.28. The van der Waals surface area contributed by atoms with Crippen molar-refractivity contribution in [3.8, 4) is 0 Å². The van der Waals surface area contributed by atoms with Gasteiger partial charge in [-0.2, -0.15) is 0 Å². The first-order valence-electron chi connectivity index (χ1n) is 7.20. The second-order valence-corrected chi connectivity index (χ2v) is 7.16. The Morgan fingerprint density at radius 3 is 2.83 bits per heavy atom. The highest BCUT2D eigenvalue weighted by atomic mass is 79.9. The number of benzene rings is 1. The third-order valence-electron chi connectivity index (χ3n) is 3.23. The number of nitrogens with one attached hydrogen (secondary N) is 2. The minimum absolute atomic E-state index is 0.0896. The lowest BCUT2D eigenvalue weighted by Gasteiger charge is -2.07. The fraction of sp³-hybridized carbons (Fsp3) is 0.188. The maximum Gasteiger partial charge on any atom is 0.240 e. The average molecular weight is 408 g/mol. The molecule has 6 nitrogen and oxygen atoms in total. The molecule has 2 heterocycles. The van der Waals surface area contributed by atoms with Crippen molar-refractivity contribution in [1.82, 2.24) is 5.32 Å². The molecule has 1 aliphatic rings. The Morgan fingerprint density at radius 2 is 2.12 bits per heavy atom. The monoisotopic (exact) mass is 407 g/mol. The molecule has 1 unspecified atom stereocenters. The van der Waals surface area contributed by atoms with Gasteiger partial charge in [0.25, 0.3) is 0 Å². The van der Waals surface area contributed by atoms with Crippen LogP contribution in [0.5, 0.6) is 0 Å². The van der Waals surface area contributed by atoms with E-state index in [1.807, 2.05) is 18.2 Å². The summed E-state index contributed by atoms with van der Waals surface area (Å²) >= 11 is 4.60. The smallest absolute Gasteiger partial charge is 0.240 e. The maximum absolute atomic E-state index is 12.1. The molecule has 1 fully saturated rings. The van der Waals surface area contributed by atoms with Crippen LogP contribution < -0.4 is 10.6 Å². The van der Waals surface area contributed by atoms with Crippen molar-refractivity contribution < 1.29 is 14.0 Å². The van der Waals surface area contributed by atoms with Crippen LogP contribution in [0.2, 0.25) is 0 Å². The van der Waals surface area contributed by atoms with Crippen LogP contribution in [0.15, 0.2) is 56.5 Å². The van der Waals surface area contributed by atoms with E-state index in [1.165, 1.54) is 11.8 Å². The molecule has 2 aromatic rings. The third kappa shape index (κ3) is 4.48. The van der Waals surface area contributed by atoms with Crippen molar-refractivity contribution >= 4 is 50.4 Å². The van der Waals surface area contributed by atoms with E-state index in [0.29, 0.717) is 23.2 Å². The van der Waals surface area contributed by atoms with E-state index in [1.54, 1.807) is 24.5 Å². The van der Waals surface area contributed by atoms with Gasteiger partial charge in [-0.25, -0.2) is 0 Å². The van der Waals surface area contributed by atoms with Crippen molar-refractivity contribution in [3.63, 3.8) is 0 Å². The normalized spacial score (nSPS) is 18.6. The van der Waals surface area contributed by atoms with Crippen molar-refractivity contribution in [2.75, 3.05) is 5.32 Å². The molecule has 1 atom stereocenters. The van der Waals surface area contributed by atoms with Gasteiger partial charge in [0, 0.05) is 16.6 Å². The van der Waals surface area contributed by atoms with Crippen molar-refractivity contribution in [3.05, 3.63) is 52.9 Å². The fourth-order valence-corrected chi connectivity index (χ4v) is 3.31. The van der Waals surface area contributed by atoms with Crippen LogP contribution in [0, 0.1) is 0 Å². The van der Waals surface area contributed by atoms with Crippen molar-refractivity contribution in [2.24, 2.45) is 4.99 Å². The van der Waals surface area contributed by atoms with Gasteiger partial charge in [-0.1, -0.05) is 27.7 Å². The molecular weight excluding hydrogens is 394 g/mol. The Bertz CT molecular complexity index is 759. The first kappa shape index (κ1) is 16.8. The Balaban J connectivity index is 1.53. The van der Waals surface area contributed by atoms with Gasteiger partial charge < -0.3 is 15.1 Å². The first-order valence-corrected chi connectivity index (χ1v) is 8.87. The number of aliphatic imine (C=N–C) groups is 1. The molecule has 1 aliphatic heterocycles. The first-order chi connectivity index (χ1) is 11.6. The van der Waals surface area contributed by atoms with Crippen molar-refractivity contribution in [2.45, 2.75) is 18.2 Å². The van der Waals surface area contributed by atoms with Gasteiger partial charge in [0.2, 0.25) is 11.8 Å². The molecule has 1 saturated heterocycles. The van der Waals surface area contributed by atoms with Crippen LogP contribution in [0.4, 0.5) is 5.69 Å². The lowest BCUT2D eigenvalue weighted by atomic mass is 10.2. The Kier molecular flexibility index (Phi) is 5.37. The topological polar surface area (TPSA) is 83.7 Å². The largest absolute Gasteiger partial charge is 0.467 e. The molecule has 2 amide bonds. The molecule has 0 aliphatic carbocycles. The van der Waals surface area contributed by atoms with E-state index in [2.05, 4.69) is 31.6 Å². The summed E-state index contributed by atoms with van der Waals surface area (Å²) in [5.74, 6) is 0.301. The number of carbonyl (C=O) groups excluding carboxylic acids is 2. The highest BCUT2D eigenvalue weighted by molar-refractivity contribution is 9.10. The van der Waals surface area contributed by atoms with Gasteiger partial charge in [-0.3, -0.25) is 14.6 Å². The van der Waals surface area contributed by atoms with Gasteiger partial charge in [-0.15, -0.1) is 0 Å². The van der Waals surface area contributed by atoms with Gasteiger partial charge in [0.1, 0.15) is 11.0 Å². The second kappa shape index (κ2) is 7.67. The van der Waals surface area contributed by atoms with Crippen LogP contribution in [0.1, 0.15) is 12.2 Å². The zero-order valence-electron chi connectivity index (χ0n) is 12.5. The molecule has 1 aromatic carbocycles. The Labute approximate surface area is 151 Å². The minimum atomic E-state index is -0.476. The molecule has 3 rings (SSSR count). The fourth-order valence-electron chi connectivity index (χ4n) is 2.08. The van der Waals surface area contributed by atoms with Gasteiger partial charge in [0.15, 0.2) is 5.17 Å². The molecule has 1 aromatic heterocycles. The van der Waals surface area contributed by atoms with Crippen LogP contribution in [0.25, 0.3) is 0 Å². The Hall–Kier alpha value is -2.06. The van der Waals surface area contributed by atoms with Gasteiger partial charge in [0.05, 0.1) is 12.8 Å². The van der Waals surface area contributed by atoms with Gasteiger partial charge >= 0.3 is 0 Å². The predicted octanol–water partition coefficient (Wildman–Crippen LogP) is 3.16. The van der Waals surface area contributed by atoms with E-state index in [9.17, 15) is 9.59 Å². The SMILES string of the molecule is O=C(CC1SC(=NCc2ccco2)NC1=O)Nc1ccc(Br)cc1. The molecule has 0 bridgehead atoms. The molecule has 0 saturated carbocycles. The Morgan fingerprint density at radius 1 is 1.33 bits per heavy atom. The quantitative estimate of drug-likeness (QED) is 0.796. The van der Waals surface area contributed by atoms with Crippen molar-refractivity contribution in [1.29, 1.82) is 0 Å². The number of rotatable bonds is 5. The summed E-state index contributed by atoms with van der Waals surface area (Å²) in [6.45, 7) is 0.355. The van der Waals surface area contributed by atoms with Gasteiger partial charge in [-0.05, 0) is 36.4 Å². The number of carbonyl (C=O) groups is 2.